The number of rotatable bonds is 5. The van der Waals surface area contributed by atoms with Crippen molar-refractivity contribution in [3.05, 3.63) is 83.7 Å². The molecule has 0 fully saturated rings. The highest BCUT2D eigenvalue weighted by atomic mass is 32.2. The Balaban J connectivity index is 1.74. The van der Waals surface area contributed by atoms with Crippen LogP contribution >= 0.6 is 11.3 Å². The molecule has 1 amide bonds. The molecule has 0 atom stereocenters. The average Bonchev–Trinajstić information content (AvgIpc) is 3.21. The van der Waals surface area contributed by atoms with Crippen molar-refractivity contribution < 1.29 is 30.9 Å². The zero-order chi connectivity index (χ0) is 23.8. The van der Waals surface area contributed by atoms with E-state index in [0.29, 0.717) is 11.3 Å². The summed E-state index contributed by atoms with van der Waals surface area (Å²) in [4.78, 5) is 11.6. The van der Waals surface area contributed by atoms with E-state index < -0.39 is 43.9 Å². The van der Waals surface area contributed by atoms with Crippen LogP contribution in [0.25, 0.3) is 21.7 Å². The molecule has 0 aliphatic rings. The molecule has 33 heavy (non-hydrogen) atoms. The molecule has 1 aromatic heterocycles. The van der Waals surface area contributed by atoms with Gasteiger partial charge in [0.05, 0.1) is 0 Å². The summed E-state index contributed by atoms with van der Waals surface area (Å²) in [6, 6.07) is 12.8. The first kappa shape index (κ1) is 22.6. The summed E-state index contributed by atoms with van der Waals surface area (Å²) in [6.07, 6.45) is 0. The molecule has 0 saturated heterocycles. The van der Waals surface area contributed by atoms with Gasteiger partial charge in [0.1, 0.15) is 27.9 Å². The van der Waals surface area contributed by atoms with Gasteiger partial charge in [0.2, 0.25) is 5.13 Å². The Labute approximate surface area is 189 Å². The Hall–Kier alpha value is -3.61. The van der Waals surface area contributed by atoms with E-state index in [-0.39, 0.29) is 26.8 Å². The van der Waals surface area contributed by atoms with Gasteiger partial charge in [-0.25, -0.2) is 13.2 Å². The molecule has 0 bridgehead atoms. The van der Waals surface area contributed by atoms with E-state index in [4.69, 9.17) is 0 Å². The Morgan fingerprint density at radius 1 is 0.909 bits per heavy atom. The summed E-state index contributed by atoms with van der Waals surface area (Å²) in [5.74, 6) is -4.25. The monoisotopic (exact) mass is 491 g/mol. The van der Waals surface area contributed by atoms with Gasteiger partial charge in [-0.3, -0.25) is 14.7 Å². The molecule has 168 valence electrons. The van der Waals surface area contributed by atoms with E-state index in [1.165, 1.54) is 12.1 Å². The van der Waals surface area contributed by atoms with Crippen LogP contribution in [0.3, 0.4) is 0 Å². The van der Waals surface area contributed by atoms with Crippen LogP contribution in [0.5, 0.6) is 0 Å². The second kappa shape index (κ2) is 8.73. The fourth-order valence-corrected chi connectivity index (χ4v) is 4.53. The molecular formula is C21H12F3N3O4S2. The first-order valence-corrected chi connectivity index (χ1v) is 11.4. The first-order chi connectivity index (χ1) is 15.7. The normalized spacial score (nSPS) is 11.4. The van der Waals surface area contributed by atoms with Gasteiger partial charge in [0, 0.05) is 11.1 Å². The Morgan fingerprint density at radius 2 is 1.58 bits per heavy atom. The van der Waals surface area contributed by atoms with Crippen molar-refractivity contribution in [1.29, 1.82) is 0 Å². The third-order valence-corrected chi connectivity index (χ3v) is 6.28. The number of hydrogen-bond acceptors (Lipinski definition) is 6. The molecule has 4 rings (SSSR count). The largest absolute Gasteiger partial charge is 0.296 e. The molecule has 0 aliphatic heterocycles. The van der Waals surface area contributed by atoms with Gasteiger partial charge in [-0.2, -0.15) is 8.42 Å². The number of amides is 1. The van der Waals surface area contributed by atoms with Crippen LogP contribution in [-0.2, 0) is 10.1 Å². The number of nitrogens with zero attached hydrogens (tertiary/aromatic N) is 2. The molecule has 1 heterocycles. The molecule has 0 unspecified atom stereocenters. The van der Waals surface area contributed by atoms with Crippen molar-refractivity contribution in [2.75, 3.05) is 5.32 Å². The quantitative estimate of drug-likeness (QED) is 0.389. The fraction of sp³-hybridized carbons (Fsp3) is 0. The number of carbonyl (C=O) groups excluding carboxylic acids is 1. The van der Waals surface area contributed by atoms with Crippen molar-refractivity contribution in [1.82, 2.24) is 10.2 Å². The minimum atomic E-state index is -4.75. The van der Waals surface area contributed by atoms with Crippen molar-refractivity contribution in [2.45, 2.75) is 4.90 Å². The maximum Gasteiger partial charge on any atom is 0.295 e. The number of nitrogens with one attached hydrogen (secondary N) is 1. The van der Waals surface area contributed by atoms with Crippen molar-refractivity contribution >= 4 is 32.5 Å². The molecule has 0 aliphatic carbocycles. The molecule has 2 N–H and O–H groups in total. The summed E-state index contributed by atoms with van der Waals surface area (Å²) >= 11 is 0.701. The maximum absolute atomic E-state index is 15.5. The van der Waals surface area contributed by atoms with Gasteiger partial charge < -0.3 is 0 Å². The van der Waals surface area contributed by atoms with Crippen molar-refractivity contribution in [3.8, 4) is 21.7 Å². The SMILES string of the molecule is O=C(Nc1nnc(-c2ccc(S(=O)(=O)O)c(-c3ccccc3)c2F)s1)c1c(F)cccc1F. The lowest BCUT2D eigenvalue weighted by atomic mass is 10.0. The van der Waals surface area contributed by atoms with Crippen molar-refractivity contribution in [2.24, 2.45) is 0 Å². The van der Waals surface area contributed by atoms with Gasteiger partial charge in [-0.1, -0.05) is 47.7 Å². The molecule has 0 spiro atoms. The van der Waals surface area contributed by atoms with Crippen LogP contribution in [-0.4, -0.2) is 29.1 Å². The molecule has 0 radical (unpaired) electrons. The van der Waals surface area contributed by atoms with Crippen LogP contribution in [0.15, 0.2) is 65.6 Å². The predicted octanol–water partition coefficient (Wildman–Crippen LogP) is 4.79. The minimum Gasteiger partial charge on any atom is -0.296 e. The van der Waals surface area contributed by atoms with E-state index in [1.54, 1.807) is 18.2 Å². The smallest absolute Gasteiger partial charge is 0.295 e. The topological polar surface area (TPSA) is 109 Å². The standard InChI is InChI=1S/C21H12F3N3O4S2/c22-13-7-4-8-14(23)17(13)19(28)25-21-27-26-20(32-21)12-9-10-15(33(29,30)31)16(18(12)24)11-5-2-1-3-6-11/h1-10H,(H,25,27,28)(H,29,30,31). The average molecular weight is 491 g/mol. The van der Waals surface area contributed by atoms with Crippen LogP contribution in [0.4, 0.5) is 18.3 Å². The summed E-state index contributed by atoms with van der Waals surface area (Å²) < 4.78 is 76.2. The number of hydrogen-bond donors (Lipinski definition) is 2. The minimum absolute atomic E-state index is 0.0455. The van der Waals surface area contributed by atoms with Gasteiger partial charge in [0.15, 0.2) is 5.01 Å². The zero-order valence-corrected chi connectivity index (χ0v) is 17.9. The fourth-order valence-electron chi connectivity index (χ4n) is 3.07. The highest BCUT2D eigenvalue weighted by Crippen LogP contribution is 2.37. The highest BCUT2D eigenvalue weighted by Gasteiger charge is 2.25. The van der Waals surface area contributed by atoms with E-state index in [1.807, 2.05) is 0 Å². The van der Waals surface area contributed by atoms with Crippen LogP contribution in [0.2, 0.25) is 0 Å². The Morgan fingerprint density at radius 3 is 2.21 bits per heavy atom. The molecule has 7 nitrogen and oxygen atoms in total. The van der Waals surface area contributed by atoms with Gasteiger partial charge in [0.25, 0.3) is 16.0 Å². The molecule has 3 aromatic carbocycles. The van der Waals surface area contributed by atoms with E-state index in [0.717, 1.165) is 30.3 Å². The van der Waals surface area contributed by atoms with E-state index in [2.05, 4.69) is 15.5 Å². The second-order valence-electron chi connectivity index (χ2n) is 6.60. The predicted molar refractivity (Wildman–Crippen MR) is 115 cm³/mol. The van der Waals surface area contributed by atoms with Crippen LogP contribution in [0.1, 0.15) is 10.4 Å². The maximum atomic E-state index is 15.5. The first-order valence-electron chi connectivity index (χ1n) is 9.11. The number of carbonyl (C=O) groups is 1. The summed E-state index contributed by atoms with van der Waals surface area (Å²) in [7, 11) is -4.75. The third kappa shape index (κ3) is 4.49. The van der Waals surface area contributed by atoms with E-state index >= 15 is 4.39 Å². The van der Waals surface area contributed by atoms with Gasteiger partial charge in [-0.15, -0.1) is 10.2 Å². The lowest BCUT2D eigenvalue weighted by Gasteiger charge is -2.11. The Bertz CT molecular complexity index is 1460. The lowest BCUT2D eigenvalue weighted by molar-refractivity contribution is 0.101. The summed E-state index contributed by atoms with van der Waals surface area (Å²) in [6.45, 7) is 0. The summed E-state index contributed by atoms with van der Waals surface area (Å²) in [5.41, 5.74) is -1.15. The number of halogens is 3. The Kier molecular flexibility index (Phi) is 5.97. The second-order valence-corrected chi connectivity index (χ2v) is 8.97. The number of benzene rings is 3. The van der Waals surface area contributed by atoms with Crippen LogP contribution < -0.4 is 5.32 Å². The van der Waals surface area contributed by atoms with Crippen LogP contribution in [0, 0.1) is 17.5 Å². The molecule has 0 saturated carbocycles. The molecular weight excluding hydrogens is 479 g/mol. The molecule has 4 aromatic rings. The van der Waals surface area contributed by atoms with Gasteiger partial charge in [-0.05, 0) is 29.8 Å². The van der Waals surface area contributed by atoms with E-state index in [9.17, 15) is 26.5 Å². The van der Waals surface area contributed by atoms with Crippen molar-refractivity contribution in [3.63, 3.8) is 0 Å². The molecule has 12 heteroatoms. The lowest BCUT2D eigenvalue weighted by Crippen LogP contribution is -2.15. The third-order valence-electron chi connectivity index (χ3n) is 4.51. The number of aromatic nitrogens is 2. The summed E-state index contributed by atoms with van der Waals surface area (Å²) in [5, 5.41) is 9.45. The zero-order valence-electron chi connectivity index (χ0n) is 16.3. The van der Waals surface area contributed by atoms with Gasteiger partial charge >= 0.3 is 0 Å². The highest BCUT2D eigenvalue weighted by molar-refractivity contribution is 7.86. The number of anilines is 1.